The van der Waals surface area contributed by atoms with Crippen molar-refractivity contribution in [3.63, 3.8) is 0 Å². The number of hydrogen-bond donors (Lipinski definition) is 0. The molecule has 0 bridgehead atoms. The van der Waals surface area contributed by atoms with E-state index in [9.17, 15) is 28.1 Å². The number of hydrazine groups is 1. The number of hydrogen-bond acceptors (Lipinski definition) is 4. The van der Waals surface area contributed by atoms with Crippen LogP contribution in [0.3, 0.4) is 0 Å². The number of rotatable bonds is 4. The van der Waals surface area contributed by atoms with E-state index in [4.69, 9.17) is 0 Å². The second-order valence-electron chi connectivity index (χ2n) is 6.03. The van der Waals surface area contributed by atoms with Gasteiger partial charge in [-0.1, -0.05) is 42.5 Å². The molecule has 0 unspecified atom stereocenters. The van der Waals surface area contributed by atoms with E-state index in [1.54, 1.807) is 12.2 Å². The number of nitrogens with zero attached hydrogens (tertiary/aromatic N) is 3. The summed E-state index contributed by atoms with van der Waals surface area (Å²) in [6.45, 7) is 0.0690. The third kappa shape index (κ3) is 3.23. The van der Waals surface area contributed by atoms with E-state index in [2.05, 4.69) is 0 Å². The molecule has 2 heterocycles. The van der Waals surface area contributed by atoms with E-state index >= 15 is 0 Å². The molecule has 3 rings (SSSR count). The van der Waals surface area contributed by atoms with Crippen molar-refractivity contribution in [3.8, 4) is 0 Å². The highest BCUT2D eigenvalue weighted by Crippen LogP contribution is 2.41. The molecule has 0 aromatic heterocycles. The second-order valence-corrected chi connectivity index (χ2v) is 6.03. The summed E-state index contributed by atoms with van der Waals surface area (Å²) in [6, 6.07) is 3.79. The Hall–Kier alpha value is -2.42. The zero-order valence-corrected chi connectivity index (χ0v) is 13.1. The van der Waals surface area contributed by atoms with Gasteiger partial charge in [0.1, 0.15) is 6.04 Å². The number of fused-ring (bicyclic) bond motifs is 1. The highest BCUT2D eigenvalue weighted by Gasteiger charge is 2.67. The molecule has 2 saturated heterocycles. The number of alkyl halides is 3. The van der Waals surface area contributed by atoms with Gasteiger partial charge in [0.05, 0.1) is 0 Å². The van der Waals surface area contributed by atoms with Crippen LogP contribution in [0, 0.1) is 10.1 Å². The Kier molecular flexibility index (Phi) is 4.51. The van der Waals surface area contributed by atoms with Crippen LogP contribution in [-0.4, -0.2) is 51.7 Å². The maximum atomic E-state index is 13.4. The highest BCUT2D eigenvalue weighted by molar-refractivity contribution is 5.78. The molecule has 2 aliphatic rings. The van der Waals surface area contributed by atoms with E-state index in [1.165, 1.54) is 5.01 Å². The van der Waals surface area contributed by atoms with Crippen LogP contribution in [0.5, 0.6) is 0 Å². The quantitative estimate of drug-likeness (QED) is 0.615. The Balaban J connectivity index is 1.87. The molecule has 0 aliphatic carbocycles. The van der Waals surface area contributed by atoms with Gasteiger partial charge in [-0.05, 0) is 12.0 Å². The van der Waals surface area contributed by atoms with E-state index in [-0.39, 0.29) is 19.4 Å². The molecule has 3 atom stereocenters. The van der Waals surface area contributed by atoms with Crippen molar-refractivity contribution in [2.75, 3.05) is 6.54 Å². The van der Waals surface area contributed by atoms with Gasteiger partial charge in [-0.25, -0.2) is 5.01 Å². The van der Waals surface area contributed by atoms with Gasteiger partial charge in [0.15, 0.2) is 0 Å². The first kappa shape index (κ1) is 17.4. The lowest BCUT2D eigenvalue weighted by atomic mass is 9.98. The van der Waals surface area contributed by atoms with Crippen molar-refractivity contribution in [1.29, 1.82) is 0 Å². The molecule has 9 heteroatoms. The molecule has 0 radical (unpaired) electrons. The first-order chi connectivity index (χ1) is 11.8. The summed E-state index contributed by atoms with van der Waals surface area (Å²) in [4.78, 5) is 22.3. The second kappa shape index (κ2) is 6.47. The molecule has 0 N–H and O–H groups in total. The van der Waals surface area contributed by atoms with Crippen molar-refractivity contribution in [2.45, 2.75) is 37.1 Å². The monoisotopic (exact) mass is 355 g/mol. The number of benzene rings is 1. The van der Waals surface area contributed by atoms with Gasteiger partial charge < -0.3 is 0 Å². The Bertz CT molecular complexity index is 693. The van der Waals surface area contributed by atoms with Crippen molar-refractivity contribution < 1.29 is 22.9 Å². The largest absolute Gasteiger partial charge is 0.417 e. The standard InChI is InChI=1S/C16H16F3N3O3/c17-16(18,19)15-14(22(24)25)12(20-10-9-13(23)21(15)20)8-4-7-11-5-2-1-3-6-11/h1-7,12,14-15H,8-10H2/b7-4+/t12-,14+,15+/m1/s1. The van der Waals surface area contributed by atoms with Crippen LogP contribution in [0.15, 0.2) is 36.4 Å². The molecule has 2 fully saturated rings. The Morgan fingerprint density at radius 2 is 1.96 bits per heavy atom. The van der Waals surface area contributed by atoms with Crippen LogP contribution in [0.4, 0.5) is 13.2 Å². The summed E-state index contributed by atoms with van der Waals surface area (Å²) in [6.07, 6.45) is -1.53. The maximum Gasteiger partial charge on any atom is 0.417 e. The van der Waals surface area contributed by atoms with Gasteiger partial charge >= 0.3 is 6.18 Å². The lowest BCUT2D eigenvalue weighted by molar-refractivity contribution is -0.534. The fourth-order valence-corrected chi connectivity index (χ4v) is 3.50. The third-order valence-corrected chi connectivity index (χ3v) is 4.52. The van der Waals surface area contributed by atoms with Crippen LogP contribution in [0.2, 0.25) is 0 Å². The van der Waals surface area contributed by atoms with E-state index in [0.717, 1.165) is 5.56 Å². The van der Waals surface area contributed by atoms with Crippen LogP contribution < -0.4 is 0 Å². The Morgan fingerprint density at radius 3 is 2.56 bits per heavy atom. The molecule has 0 spiro atoms. The summed E-state index contributed by atoms with van der Waals surface area (Å²) >= 11 is 0. The lowest BCUT2D eigenvalue weighted by Gasteiger charge is -2.26. The average molecular weight is 355 g/mol. The van der Waals surface area contributed by atoms with E-state index in [0.29, 0.717) is 5.01 Å². The summed E-state index contributed by atoms with van der Waals surface area (Å²) in [5.41, 5.74) is 0.847. The topological polar surface area (TPSA) is 66.7 Å². The van der Waals surface area contributed by atoms with Crippen molar-refractivity contribution >= 4 is 12.0 Å². The smallest absolute Gasteiger partial charge is 0.273 e. The van der Waals surface area contributed by atoms with Crippen molar-refractivity contribution in [2.24, 2.45) is 0 Å². The van der Waals surface area contributed by atoms with Gasteiger partial charge in [0, 0.05) is 17.9 Å². The number of carbonyl (C=O) groups is 1. The van der Waals surface area contributed by atoms with Crippen LogP contribution >= 0.6 is 0 Å². The van der Waals surface area contributed by atoms with Crippen LogP contribution in [0.25, 0.3) is 6.08 Å². The maximum absolute atomic E-state index is 13.4. The zero-order valence-electron chi connectivity index (χ0n) is 13.1. The summed E-state index contributed by atoms with van der Waals surface area (Å²) in [7, 11) is 0. The predicted molar refractivity (Wildman–Crippen MR) is 82.7 cm³/mol. The molecular formula is C16H16F3N3O3. The minimum absolute atomic E-state index is 0.0525. The first-order valence-corrected chi connectivity index (χ1v) is 7.81. The Labute approximate surface area is 141 Å². The van der Waals surface area contributed by atoms with Gasteiger partial charge in [-0.2, -0.15) is 13.2 Å². The fraction of sp³-hybridized carbons (Fsp3) is 0.438. The average Bonchev–Trinajstić information content (AvgIpc) is 3.07. The van der Waals surface area contributed by atoms with E-state index < -0.39 is 35.1 Å². The minimum Gasteiger partial charge on any atom is -0.273 e. The third-order valence-electron chi connectivity index (χ3n) is 4.52. The molecule has 1 amide bonds. The molecule has 134 valence electrons. The molecule has 25 heavy (non-hydrogen) atoms. The van der Waals surface area contributed by atoms with Gasteiger partial charge in [-0.3, -0.25) is 19.9 Å². The van der Waals surface area contributed by atoms with Gasteiger partial charge in [0.25, 0.3) is 6.04 Å². The number of amides is 1. The summed E-state index contributed by atoms with van der Waals surface area (Å²) in [5.74, 6) is -0.719. The van der Waals surface area contributed by atoms with Crippen molar-refractivity contribution in [3.05, 3.63) is 52.1 Å². The zero-order chi connectivity index (χ0) is 18.2. The minimum atomic E-state index is -4.85. The van der Waals surface area contributed by atoms with E-state index in [1.807, 2.05) is 30.3 Å². The van der Waals surface area contributed by atoms with Crippen LogP contribution in [0.1, 0.15) is 18.4 Å². The van der Waals surface area contributed by atoms with Crippen molar-refractivity contribution in [1.82, 2.24) is 10.0 Å². The molecule has 2 aliphatic heterocycles. The molecule has 1 aromatic rings. The number of nitro groups is 1. The highest BCUT2D eigenvalue weighted by atomic mass is 19.4. The molecular weight excluding hydrogens is 339 g/mol. The molecule has 6 nitrogen and oxygen atoms in total. The SMILES string of the molecule is O=C1CCN2[C@H](C/C=C/c3ccccc3)[C@H]([N+](=O)[O-])[C@@H](C(F)(F)F)N12. The summed E-state index contributed by atoms with van der Waals surface area (Å²) < 4.78 is 40.2. The summed E-state index contributed by atoms with van der Waals surface area (Å²) in [5, 5.41) is 13.1. The normalized spacial score (nSPS) is 27.2. The number of carbonyl (C=O) groups excluding carboxylic acids is 1. The van der Waals surface area contributed by atoms with Gasteiger partial charge in [-0.15, -0.1) is 0 Å². The Morgan fingerprint density at radius 1 is 1.28 bits per heavy atom. The lowest BCUT2D eigenvalue weighted by Crippen LogP contribution is -2.51. The predicted octanol–water partition coefficient (Wildman–Crippen LogP) is 2.50. The molecule has 1 aromatic carbocycles. The van der Waals surface area contributed by atoms with Gasteiger partial charge in [0.2, 0.25) is 11.9 Å². The molecule has 0 saturated carbocycles. The number of halogens is 3. The first-order valence-electron chi connectivity index (χ1n) is 7.81. The fourth-order valence-electron chi connectivity index (χ4n) is 3.50. The van der Waals surface area contributed by atoms with Crippen LogP contribution in [-0.2, 0) is 4.79 Å².